The topological polar surface area (TPSA) is 78.4 Å². The van der Waals surface area contributed by atoms with Gasteiger partial charge in [-0.1, -0.05) is 12.1 Å². The lowest BCUT2D eigenvalue weighted by atomic mass is 9.76. The van der Waals surface area contributed by atoms with Gasteiger partial charge in [0, 0.05) is 5.56 Å². The van der Waals surface area contributed by atoms with E-state index in [0.717, 1.165) is 6.92 Å². The first kappa shape index (κ1) is 28.4. The van der Waals surface area contributed by atoms with Gasteiger partial charge in [-0.3, -0.25) is 10.3 Å². The van der Waals surface area contributed by atoms with Crippen LogP contribution in [0.25, 0.3) is 0 Å². The molecular formula is C24H33BF4N2O5. The van der Waals surface area contributed by atoms with E-state index in [1.54, 1.807) is 20.8 Å². The van der Waals surface area contributed by atoms with E-state index in [2.05, 4.69) is 10.3 Å². The van der Waals surface area contributed by atoms with Gasteiger partial charge < -0.3 is 18.8 Å². The molecule has 1 aromatic carbocycles. The first-order valence-electron chi connectivity index (χ1n) is 11.6. The van der Waals surface area contributed by atoms with E-state index in [4.69, 9.17) is 18.8 Å². The number of aliphatic imine (C=N–C) groups is 1. The summed E-state index contributed by atoms with van der Waals surface area (Å²) in [7, 11) is -0.828. The lowest BCUT2D eigenvalue weighted by Crippen LogP contribution is -2.62. The largest absolute Gasteiger partial charge is 0.494 e. The molecule has 0 aliphatic carbocycles. The van der Waals surface area contributed by atoms with E-state index >= 15 is 4.39 Å². The standard InChI is InChI=1S/C24H33BF4N2O5/c1-19(2,3)34-18(32)30-17-23(9,24(27,28)29)33-13-22(8,31-17)15-12-14(10-11-16(15)26)25-35-20(4,5)21(6,7)36-25/h10-12H,13H2,1-9H3,(H,30,31,32)/t22-,23-/m1/s1. The molecule has 0 unspecified atom stereocenters. The SMILES string of the molecule is CC(C)(C)OC(=O)NC1=N[C@@](C)(c2cc(B3OC(C)(C)C(C)(C)O3)ccc2F)CO[C@@]1(C)C(F)(F)F. The molecule has 2 aliphatic rings. The Labute approximate surface area is 209 Å². The van der Waals surface area contributed by atoms with Crippen molar-refractivity contribution in [1.29, 1.82) is 0 Å². The van der Waals surface area contributed by atoms with Crippen molar-refractivity contribution in [3.05, 3.63) is 29.6 Å². The smallest absolute Gasteiger partial charge is 0.444 e. The summed E-state index contributed by atoms with van der Waals surface area (Å²) < 4.78 is 79.5. The highest BCUT2D eigenvalue weighted by Gasteiger charge is 2.60. The second-order valence-corrected chi connectivity index (χ2v) is 11.5. The minimum absolute atomic E-state index is 0.0394. The number of rotatable bonds is 2. The molecule has 0 aromatic heterocycles. The number of alkyl carbamates (subject to hydrolysis) is 1. The Morgan fingerprint density at radius 1 is 1.06 bits per heavy atom. The number of ether oxygens (including phenoxy) is 2. The van der Waals surface area contributed by atoms with Crippen molar-refractivity contribution in [1.82, 2.24) is 5.32 Å². The third-order valence-corrected chi connectivity index (χ3v) is 6.71. The molecule has 200 valence electrons. The molecule has 0 radical (unpaired) electrons. The molecule has 7 nitrogen and oxygen atoms in total. The third-order valence-electron chi connectivity index (χ3n) is 6.71. The Balaban J connectivity index is 2.05. The van der Waals surface area contributed by atoms with Crippen molar-refractivity contribution in [3.8, 4) is 0 Å². The average molecular weight is 516 g/mol. The third kappa shape index (κ3) is 5.26. The van der Waals surface area contributed by atoms with E-state index < -0.39 is 65.6 Å². The van der Waals surface area contributed by atoms with Crippen molar-refractivity contribution >= 4 is 24.5 Å². The van der Waals surface area contributed by atoms with Gasteiger partial charge in [-0.2, -0.15) is 13.2 Å². The fourth-order valence-corrected chi connectivity index (χ4v) is 3.72. The van der Waals surface area contributed by atoms with Crippen LogP contribution in [0.4, 0.5) is 22.4 Å². The predicted octanol–water partition coefficient (Wildman–Crippen LogP) is 4.61. The number of nitrogens with zero attached hydrogens (tertiary/aromatic N) is 1. The van der Waals surface area contributed by atoms with Gasteiger partial charge in [-0.25, -0.2) is 9.18 Å². The highest BCUT2D eigenvalue weighted by Crippen LogP contribution is 2.42. The number of benzene rings is 1. The van der Waals surface area contributed by atoms with E-state index in [0.29, 0.717) is 5.46 Å². The molecule has 1 amide bonds. The summed E-state index contributed by atoms with van der Waals surface area (Å²) in [5.74, 6) is -1.55. The van der Waals surface area contributed by atoms with Crippen molar-refractivity contribution in [3.63, 3.8) is 0 Å². The zero-order valence-corrected chi connectivity index (χ0v) is 22.0. The summed E-state index contributed by atoms with van der Waals surface area (Å²) in [5.41, 5.74) is -6.40. The first-order valence-corrected chi connectivity index (χ1v) is 11.6. The molecule has 36 heavy (non-hydrogen) atoms. The van der Waals surface area contributed by atoms with Gasteiger partial charge in [0.25, 0.3) is 0 Å². The molecule has 0 spiro atoms. The van der Waals surface area contributed by atoms with Crippen LogP contribution in [0.5, 0.6) is 0 Å². The Hall–Kier alpha value is -2.18. The van der Waals surface area contributed by atoms with Crippen LogP contribution < -0.4 is 10.8 Å². The molecule has 1 saturated heterocycles. The number of amides is 1. The van der Waals surface area contributed by atoms with Crippen LogP contribution in [0.2, 0.25) is 0 Å². The lowest BCUT2D eigenvalue weighted by molar-refractivity contribution is -0.250. The number of hydrogen-bond acceptors (Lipinski definition) is 6. The van der Waals surface area contributed by atoms with E-state index in [1.165, 1.54) is 25.1 Å². The van der Waals surface area contributed by atoms with Gasteiger partial charge in [-0.05, 0) is 73.8 Å². The highest BCUT2D eigenvalue weighted by molar-refractivity contribution is 6.62. The maximum Gasteiger partial charge on any atom is 0.494 e. The summed E-state index contributed by atoms with van der Waals surface area (Å²) in [6.07, 6.45) is -6.07. The molecule has 1 N–H and O–H groups in total. The van der Waals surface area contributed by atoms with Crippen molar-refractivity contribution < 1.29 is 41.1 Å². The van der Waals surface area contributed by atoms with Gasteiger partial charge >= 0.3 is 19.4 Å². The van der Waals surface area contributed by atoms with Crippen LogP contribution in [0, 0.1) is 5.82 Å². The van der Waals surface area contributed by atoms with E-state index in [-0.39, 0.29) is 5.56 Å². The Bertz CT molecular complexity index is 1050. The fraction of sp³-hybridized carbons (Fsp3) is 0.667. The summed E-state index contributed by atoms with van der Waals surface area (Å²) >= 11 is 0. The summed E-state index contributed by atoms with van der Waals surface area (Å²) in [6, 6.07) is 4.10. The Kier molecular flexibility index (Phi) is 6.86. The molecule has 2 heterocycles. The fourth-order valence-electron chi connectivity index (χ4n) is 3.72. The average Bonchev–Trinajstić information content (AvgIpc) is 2.90. The normalized spacial score (nSPS) is 28.0. The number of carbonyl (C=O) groups is 1. The van der Waals surface area contributed by atoms with E-state index in [9.17, 15) is 18.0 Å². The second kappa shape index (κ2) is 8.70. The number of carbonyl (C=O) groups excluding carboxylic acids is 1. The number of alkyl halides is 3. The first-order chi connectivity index (χ1) is 16.1. The molecule has 2 atom stereocenters. The molecular weight excluding hydrogens is 483 g/mol. The number of amidine groups is 1. The quantitative estimate of drug-likeness (QED) is 0.459. The van der Waals surface area contributed by atoms with Gasteiger partial charge in [-0.15, -0.1) is 0 Å². The summed E-state index contributed by atoms with van der Waals surface area (Å²) in [6.45, 7) is 13.7. The number of halogens is 4. The van der Waals surface area contributed by atoms with Crippen LogP contribution in [0.3, 0.4) is 0 Å². The molecule has 12 heteroatoms. The maximum absolute atomic E-state index is 15.1. The highest BCUT2D eigenvalue weighted by atomic mass is 19.4. The van der Waals surface area contributed by atoms with Crippen molar-refractivity contribution in [2.24, 2.45) is 4.99 Å². The number of nitrogens with one attached hydrogen (secondary N) is 1. The van der Waals surface area contributed by atoms with Gasteiger partial charge in [0.05, 0.1) is 17.8 Å². The minimum atomic E-state index is -4.93. The Morgan fingerprint density at radius 2 is 1.61 bits per heavy atom. The van der Waals surface area contributed by atoms with Crippen LogP contribution >= 0.6 is 0 Å². The van der Waals surface area contributed by atoms with Crippen LogP contribution in [0.1, 0.15) is 67.9 Å². The minimum Gasteiger partial charge on any atom is -0.444 e. The zero-order valence-electron chi connectivity index (χ0n) is 22.0. The van der Waals surface area contributed by atoms with Crippen LogP contribution in [0.15, 0.2) is 23.2 Å². The summed E-state index contributed by atoms with van der Waals surface area (Å²) in [5, 5.41) is 2.08. The molecule has 2 aliphatic heterocycles. The van der Waals surface area contributed by atoms with E-state index in [1.807, 2.05) is 27.7 Å². The molecule has 0 bridgehead atoms. The molecule has 3 rings (SSSR count). The van der Waals surface area contributed by atoms with Gasteiger partial charge in [0.2, 0.25) is 5.60 Å². The molecule has 1 aromatic rings. The molecule has 1 fully saturated rings. The van der Waals surface area contributed by atoms with Crippen LogP contribution in [-0.2, 0) is 24.3 Å². The molecule has 0 saturated carbocycles. The zero-order chi connectivity index (χ0) is 27.5. The lowest BCUT2D eigenvalue weighted by Gasteiger charge is -2.42. The van der Waals surface area contributed by atoms with Crippen molar-refractivity contribution in [2.75, 3.05) is 6.61 Å². The van der Waals surface area contributed by atoms with Crippen LogP contribution in [-0.4, -0.2) is 54.2 Å². The maximum atomic E-state index is 15.1. The summed E-state index contributed by atoms with van der Waals surface area (Å²) in [4.78, 5) is 16.6. The van der Waals surface area contributed by atoms with Gasteiger partial charge in [0.15, 0.2) is 0 Å². The van der Waals surface area contributed by atoms with Gasteiger partial charge in [0.1, 0.15) is 22.8 Å². The monoisotopic (exact) mass is 516 g/mol. The predicted molar refractivity (Wildman–Crippen MR) is 127 cm³/mol. The second-order valence-electron chi connectivity index (χ2n) is 11.5. The number of hydrogen-bond donors (Lipinski definition) is 1. The van der Waals surface area contributed by atoms with Crippen molar-refractivity contribution in [2.45, 2.75) is 96.4 Å². The Morgan fingerprint density at radius 3 is 2.11 bits per heavy atom.